The van der Waals surface area contributed by atoms with E-state index in [1.165, 1.54) is 0 Å². The van der Waals surface area contributed by atoms with Gasteiger partial charge in [-0.15, -0.1) is 0 Å². The largest absolute Gasteiger partial charge is 0.389 e. The molecule has 3 N–H and O–H groups in total. The predicted molar refractivity (Wildman–Crippen MR) is 62.8 cm³/mol. The van der Waals surface area contributed by atoms with E-state index in [-0.39, 0.29) is 24.2 Å². The van der Waals surface area contributed by atoms with Gasteiger partial charge in [-0.1, -0.05) is 6.42 Å². The number of hydrogen-bond acceptors (Lipinski definition) is 2. The van der Waals surface area contributed by atoms with E-state index in [0.29, 0.717) is 19.5 Å². The summed E-state index contributed by atoms with van der Waals surface area (Å²) in [7, 11) is 0. The minimum absolute atomic E-state index is 0.0439. The lowest BCUT2D eigenvalue weighted by Gasteiger charge is -2.17. The molecule has 3 nitrogen and oxygen atoms in total. The van der Waals surface area contributed by atoms with Crippen molar-refractivity contribution in [1.29, 1.82) is 0 Å². The van der Waals surface area contributed by atoms with Crippen molar-refractivity contribution in [3.63, 3.8) is 0 Å². The van der Waals surface area contributed by atoms with Crippen LogP contribution in [0.2, 0.25) is 0 Å². The van der Waals surface area contributed by atoms with E-state index in [0.717, 1.165) is 19.3 Å². The number of hydrogen-bond donors (Lipinski definition) is 2. The topological polar surface area (TPSA) is 55.1 Å². The smallest absolute Gasteiger partial charge is 0.356 e. The first-order valence-corrected chi connectivity index (χ1v) is 6.48. The van der Waals surface area contributed by atoms with Gasteiger partial charge in [-0.3, -0.25) is 4.79 Å². The molecule has 0 radical (unpaired) electrons. The van der Waals surface area contributed by atoms with Crippen molar-refractivity contribution in [2.45, 2.75) is 44.7 Å². The molecule has 1 aliphatic rings. The number of halogens is 3. The normalized spacial score (nSPS) is 24.2. The molecule has 1 rings (SSSR count). The summed E-state index contributed by atoms with van der Waals surface area (Å²) in [6.45, 7) is 0.828. The van der Waals surface area contributed by atoms with Crippen molar-refractivity contribution in [2.75, 3.05) is 13.1 Å². The molecule has 0 aliphatic heterocycles. The Morgan fingerprint density at radius 2 is 2.00 bits per heavy atom. The molecule has 0 heterocycles. The molecule has 1 fully saturated rings. The molecule has 1 saturated carbocycles. The summed E-state index contributed by atoms with van der Waals surface area (Å²) in [4.78, 5) is 11.8. The Morgan fingerprint density at radius 1 is 1.28 bits per heavy atom. The maximum absolute atomic E-state index is 11.9. The third-order valence-corrected chi connectivity index (χ3v) is 3.48. The average Bonchev–Trinajstić information content (AvgIpc) is 2.74. The Morgan fingerprint density at radius 3 is 2.61 bits per heavy atom. The fourth-order valence-corrected chi connectivity index (χ4v) is 2.46. The van der Waals surface area contributed by atoms with Crippen LogP contribution in [0, 0.1) is 11.8 Å². The number of alkyl halides is 3. The lowest BCUT2D eigenvalue weighted by atomic mass is 9.95. The van der Waals surface area contributed by atoms with E-state index in [2.05, 4.69) is 5.32 Å². The zero-order valence-corrected chi connectivity index (χ0v) is 10.4. The van der Waals surface area contributed by atoms with Gasteiger partial charge in [0.25, 0.3) is 0 Å². The van der Waals surface area contributed by atoms with Crippen molar-refractivity contribution in [3.05, 3.63) is 0 Å². The van der Waals surface area contributed by atoms with Gasteiger partial charge in [0.15, 0.2) is 0 Å². The van der Waals surface area contributed by atoms with Gasteiger partial charge >= 0.3 is 6.18 Å². The Hall–Kier alpha value is -0.780. The van der Waals surface area contributed by atoms with E-state index < -0.39 is 12.6 Å². The van der Waals surface area contributed by atoms with Crippen LogP contribution >= 0.6 is 0 Å². The van der Waals surface area contributed by atoms with Crippen molar-refractivity contribution in [1.82, 2.24) is 5.32 Å². The van der Waals surface area contributed by atoms with Crippen LogP contribution in [0.15, 0.2) is 0 Å². The molecule has 0 aromatic heterocycles. The molecule has 1 amide bonds. The lowest BCUT2D eigenvalue weighted by molar-refractivity contribution is -0.135. The molecule has 2 atom stereocenters. The Kier molecular flexibility index (Phi) is 5.91. The van der Waals surface area contributed by atoms with Gasteiger partial charge in [-0.2, -0.15) is 13.2 Å². The standard InChI is InChI=1S/C12H21F3N2O/c13-12(14,15)6-1-2-7-17-11(18)10-5-3-4-9(10)8-16/h9-10H,1-8,16H2,(H,17,18). The molecular formula is C12H21F3N2O. The molecule has 0 aromatic carbocycles. The molecule has 18 heavy (non-hydrogen) atoms. The third kappa shape index (κ3) is 5.25. The Balaban J connectivity index is 2.14. The number of amides is 1. The third-order valence-electron chi connectivity index (χ3n) is 3.48. The molecule has 0 bridgehead atoms. The second-order valence-electron chi connectivity index (χ2n) is 4.90. The average molecular weight is 266 g/mol. The fraction of sp³-hybridized carbons (Fsp3) is 0.917. The monoisotopic (exact) mass is 266 g/mol. The van der Waals surface area contributed by atoms with Crippen molar-refractivity contribution >= 4 is 5.91 Å². The predicted octanol–water partition coefficient (Wildman–Crippen LogP) is 2.21. The molecule has 1 aliphatic carbocycles. The minimum atomic E-state index is -4.10. The van der Waals surface area contributed by atoms with Crippen molar-refractivity contribution in [2.24, 2.45) is 17.6 Å². The van der Waals surface area contributed by atoms with Gasteiger partial charge < -0.3 is 11.1 Å². The highest BCUT2D eigenvalue weighted by molar-refractivity contribution is 5.79. The number of rotatable bonds is 6. The van der Waals surface area contributed by atoms with E-state index in [9.17, 15) is 18.0 Å². The molecule has 6 heteroatoms. The summed E-state index contributed by atoms with van der Waals surface area (Å²) in [5.41, 5.74) is 5.58. The first-order chi connectivity index (χ1) is 8.44. The quantitative estimate of drug-likeness (QED) is 0.724. The van der Waals surface area contributed by atoms with Crippen LogP contribution in [0.25, 0.3) is 0 Å². The summed E-state index contributed by atoms with van der Waals surface area (Å²) in [5.74, 6) is 0.146. The van der Waals surface area contributed by atoms with E-state index in [1.54, 1.807) is 0 Å². The first-order valence-electron chi connectivity index (χ1n) is 6.48. The van der Waals surface area contributed by atoms with Gasteiger partial charge in [0, 0.05) is 18.9 Å². The van der Waals surface area contributed by atoms with Crippen LogP contribution in [0.1, 0.15) is 38.5 Å². The molecular weight excluding hydrogens is 245 g/mol. The summed E-state index contributed by atoms with van der Waals surface area (Å²) in [5, 5.41) is 2.71. The number of nitrogens with two attached hydrogens (primary N) is 1. The highest BCUT2D eigenvalue weighted by Gasteiger charge is 2.31. The van der Waals surface area contributed by atoms with Gasteiger partial charge in [0.05, 0.1) is 0 Å². The molecule has 0 saturated heterocycles. The maximum atomic E-state index is 11.9. The van der Waals surface area contributed by atoms with Crippen molar-refractivity contribution in [3.8, 4) is 0 Å². The van der Waals surface area contributed by atoms with Gasteiger partial charge in [-0.05, 0) is 38.1 Å². The van der Waals surface area contributed by atoms with Crippen LogP contribution in [0.5, 0.6) is 0 Å². The van der Waals surface area contributed by atoms with E-state index >= 15 is 0 Å². The first kappa shape index (κ1) is 15.3. The minimum Gasteiger partial charge on any atom is -0.356 e. The highest BCUT2D eigenvalue weighted by Crippen LogP contribution is 2.30. The summed E-state index contributed by atoms with van der Waals surface area (Å²) in [6, 6.07) is 0. The molecule has 0 spiro atoms. The van der Waals surface area contributed by atoms with Crippen LogP contribution in [-0.2, 0) is 4.79 Å². The number of nitrogens with one attached hydrogen (secondary N) is 1. The van der Waals surface area contributed by atoms with E-state index in [4.69, 9.17) is 5.73 Å². The Bertz CT molecular complexity index is 269. The van der Waals surface area contributed by atoms with Crippen LogP contribution < -0.4 is 11.1 Å². The second kappa shape index (κ2) is 6.97. The number of carbonyl (C=O) groups excluding carboxylic acids is 1. The summed E-state index contributed by atoms with van der Waals surface area (Å²) >= 11 is 0. The van der Waals surface area contributed by atoms with Crippen LogP contribution in [0.4, 0.5) is 13.2 Å². The van der Waals surface area contributed by atoms with Gasteiger partial charge in [0.1, 0.15) is 0 Å². The fourth-order valence-electron chi connectivity index (χ4n) is 2.46. The van der Waals surface area contributed by atoms with Crippen LogP contribution in [0.3, 0.4) is 0 Å². The summed E-state index contributed by atoms with van der Waals surface area (Å²) in [6.07, 6.45) is -1.62. The zero-order chi connectivity index (χ0) is 13.6. The van der Waals surface area contributed by atoms with Crippen LogP contribution in [-0.4, -0.2) is 25.2 Å². The second-order valence-corrected chi connectivity index (χ2v) is 4.90. The van der Waals surface area contributed by atoms with E-state index in [1.807, 2.05) is 0 Å². The molecule has 0 aromatic rings. The SMILES string of the molecule is NCC1CCCC1C(=O)NCCCCC(F)(F)F. The molecule has 106 valence electrons. The highest BCUT2D eigenvalue weighted by atomic mass is 19.4. The van der Waals surface area contributed by atoms with Crippen molar-refractivity contribution < 1.29 is 18.0 Å². The maximum Gasteiger partial charge on any atom is 0.389 e. The summed E-state index contributed by atoms with van der Waals surface area (Å²) < 4.78 is 35.6. The zero-order valence-electron chi connectivity index (χ0n) is 10.4. The lowest BCUT2D eigenvalue weighted by Crippen LogP contribution is -2.35. The Labute approximate surface area is 105 Å². The number of carbonyl (C=O) groups is 1. The van der Waals surface area contributed by atoms with Gasteiger partial charge in [0.2, 0.25) is 5.91 Å². The van der Waals surface area contributed by atoms with Gasteiger partial charge in [-0.25, -0.2) is 0 Å². The number of unbranched alkanes of at least 4 members (excludes halogenated alkanes) is 1. The molecule has 2 unspecified atom stereocenters.